The maximum Gasteiger partial charge on any atom is 0.263 e. The van der Waals surface area contributed by atoms with Crippen LogP contribution in [0.2, 0.25) is 0 Å². The van der Waals surface area contributed by atoms with Gasteiger partial charge in [-0.3, -0.25) is 4.79 Å². The highest BCUT2D eigenvalue weighted by Crippen LogP contribution is 2.32. The van der Waals surface area contributed by atoms with Crippen LogP contribution in [0.4, 0.5) is 0 Å². The van der Waals surface area contributed by atoms with Crippen molar-refractivity contribution in [3.63, 3.8) is 0 Å². The van der Waals surface area contributed by atoms with Gasteiger partial charge >= 0.3 is 0 Å². The first kappa shape index (κ1) is 15.5. The van der Waals surface area contributed by atoms with Gasteiger partial charge in [-0.2, -0.15) is 0 Å². The molecule has 1 amide bonds. The number of carbonyl (C=O) groups excluding carboxylic acids is 1. The summed E-state index contributed by atoms with van der Waals surface area (Å²) in [6, 6.07) is 7.34. The van der Waals surface area contributed by atoms with Crippen LogP contribution in [-0.4, -0.2) is 27.7 Å². The third kappa shape index (κ3) is 3.16. The Labute approximate surface area is 147 Å². The number of rotatable bonds is 4. The molecule has 0 atom stereocenters. The van der Waals surface area contributed by atoms with Gasteiger partial charge in [-0.1, -0.05) is 6.07 Å². The van der Waals surface area contributed by atoms with Crippen molar-refractivity contribution in [1.82, 2.24) is 20.3 Å². The molecule has 1 aromatic carbocycles. The number of aryl methyl sites for hydroxylation is 1. The zero-order valence-electron chi connectivity index (χ0n) is 13.4. The van der Waals surface area contributed by atoms with Crippen molar-refractivity contribution in [2.24, 2.45) is 0 Å². The van der Waals surface area contributed by atoms with Crippen molar-refractivity contribution in [2.45, 2.75) is 13.5 Å². The molecule has 0 bridgehead atoms. The first-order valence-electron chi connectivity index (χ1n) is 7.62. The van der Waals surface area contributed by atoms with Crippen LogP contribution in [0, 0.1) is 6.92 Å². The molecule has 1 aliphatic heterocycles. The number of benzene rings is 1. The second-order valence-electron chi connectivity index (χ2n) is 5.38. The van der Waals surface area contributed by atoms with Crippen LogP contribution >= 0.6 is 11.3 Å². The topological polar surface area (TPSA) is 86.2 Å². The molecule has 126 valence electrons. The van der Waals surface area contributed by atoms with Crippen LogP contribution in [0.5, 0.6) is 11.5 Å². The van der Waals surface area contributed by atoms with E-state index < -0.39 is 0 Å². The minimum absolute atomic E-state index is 0.171. The number of nitrogens with zero attached hydrogens (tertiary/aromatic N) is 3. The second-order valence-corrected chi connectivity index (χ2v) is 6.38. The molecule has 0 aliphatic carbocycles. The van der Waals surface area contributed by atoms with E-state index in [2.05, 4.69) is 20.3 Å². The van der Waals surface area contributed by atoms with Gasteiger partial charge in [0, 0.05) is 18.9 Å². The highest BCUT2D eigenvalue weighted by atomic mass is 32.1. The lowest BCUT2D eigenvalue weighted by Gasteiger charge is -2.05. The highest BCUT2D eigenvalue weighted by Gasteiger charge is 2.18. The summed E-state index contributed by atoms with van der Waals surface area (Å²) in [4.78, 5) is 25.8. The van der Waals surface area contributed by atoms with E-state index in [9.17, 15) is 4.79 Å². The van der Waals surface area contributed by atoms with Gasteiger partial charge in [0.05, 0.1) is 5.69 Å². The quantitative estimate of drug-likeness (QED) is 0.775. The number of hydrogen-bond acceptors (Lipinski definition) is 7. The van der Waals surface area contributed by atoms with Gasteiger partial charge in [-0.05, 0) is 30.7 Å². The Morgan fingerprint density at radius 1 is 1.24 bits per heavy atom. The lowest BCUT2D eigenvalue weighted by molar-refractivity contribution is 0.0954. The minimum atomic E-state index is -0.171. The van der Waals surface area contributed by atoms with Gasteiger partial charge in [0.25, 0.3) is 5.91 Å². The summed E-state index contributed by atoms with van der Waals surface area (Å²) in [6.45, 7) is 2.43. The van der Waals surface area contributed by atoms with Crippen LogP contribution in [0.1, 0.15) is 20.9 Å². The molecule has 8 heteroatoms. The lowest BCUT2D eigenvalue weighted by Crippen LogP contribution is -2.22. The van der Waals surface area contributed by atoms with Crippen molar-refractivity contribution in [3.05, 3.63) is 52.8 Å². The number of carbonyl (C=O) groups is 1. The molecule has 0 saturated heterocycles. The van der Waals surface area contributed by atoms with E-state index in [1.54, 1.807) is 25.4 Å². The van der Waals surface area contributed by atoms with Crippen molar-refractivity contribution in [3.8, 4) is 22.3 Å². The van der Waals surface area contributed by atoms with Gasteiger partial charge in [0.1, 0.15) is 4.88 Å². The number of thiazole rings is 1. The number of fused-ring (bicyclic) bond motifs is 1. The Morgan fingerprint density at radius 3 is 2.88 bits per heavy atom. The number of amides is 1. The molecule has 0 saturated carbocycles. The minimum Gasteiger partial charge on any atom is -0.454 e. The normalized spacial score (nSPS) is 12.2. The van der Waals surface area contributed by atoms with Gasteiger partial charge in [0.2, 0.25) is 6.79 Å². The third-order valence-electron chi connectivity index (χ3n) is 3.65. The SMILES string of the molecule is Cc1nc(-c2ncccn2)sc1C(=O)NCc1ccc2c(c1)OCO2. The monoisotopic (exact) mass is 354 g/mol. The summed E-state index contributed by atoms with van der Waals surface area (Å²) in [5.41, 5.74) is 1.60. The van der Waals surface area contributed by atoms with Crippen molar-refractivity contribution in [1.29, 1.82) is 0 Å². The van der Waals surface area contributed by atoms with Crippen molar-refractivity contribution >= 4 is 17.2 Å². The molecule has 1 N–H and O–H groups in total. The Morgan fingerprint density at radius 2 is 2.04 bits per heavy atom. The predicted octanol–water partition coefficient (Wildman–Crippen LogP) is 2.57. The fraction of sp³-hybridized carbons (Fsp3) is 0.176. The first-order chi connectivity index (χ1) is 12.2. The second kappa shape index (κ2) is 6.48. The number of nitrogens with one attached hydrogen (secondary N) is 1. The summed E-state index contributed by atoms with van der Waals surface area (Å²) in [7, 11) is 0. The molecule has 3 heterocycles. The van der Waals surface area contributed by atoms with Crippen LogP contribution in [0.25, 0.3) is 10.8 Å². The third-order valence-corrected chi connectivity index (χ3v) is 4.80. The Hall–Kier alpha value is -3.00. The molecule has 1 aliphatic rings. The van der Waals surface area contributed by atoms with Crippen molar-refractivity contribution in [2.75, 3.05) is 6.79 Å². The average Bonchev–Trinajstić information content (AvgIpc) is 3.26. The molecule has 0 spiro atoms. The van der Waals surface area contributed by atoms with E-state index >= 15 is 0 Å². The molecule has 2 aromatic heterocycles. The van der Waals surface area contributed by atoms with E-state index in [1.807, 2.05) is 18.2 Å². The van der Waals surface area contributed by atoms with Gasteiger partial charge < -0.3 is 14.8 Å². The molecule has 4 rings (SSSR count). The van der Waals surface area contributed by atoms with Crippen LogP contribution in [-0.2, 0) is 6.54 Å². The molecular formula is C17H14N4O3S. The fourth-order valence-electron chi connectivity index (χ4n) is 2.43. The van der Waals surface area contributed by atoms with E-state index in [4.69, 9.17) is 9.47 Å². The standard InChI is InChI=1S/C17H14N4O3S/c1-10-14(25-17(21-10)15-18-5-2-6-19-15)16(22)20-8-11-3-4-12-13(7-11)24-9-23-12/h2-7H,8-9H2,1H3,(H,20,22). The highest BCUT2D eigenvalue weighted by molar-refractivity contribution is 7.17. The lowest BCUT2D eigenvalue weighted by atomic mass is 10.2. The maximum absolute atomic E-state index is 12.5. The zero-order valence-corrected chi connectivity index (χ0v) is 14.2. The van der Waals surface area contributed by atoms with E-state index in [-0.39, 0.29) is 12.7 Å². The van der Waals surface area contributed by atoms with Crippen molar-refractivity contribution < 1.29 is 14.3 Å². The molecule has 0 unspecified atom stereocenters. The molecule has 0 radical (unpaired) electrons. The van der Waals surface area contributed by atoms with Crippen LogP contribution < -0.4 is 14.8 Å². The molecule has 0 fully saturated rings. The van der Waals surface area contributed by atoms with Crippen LogP contribution in [0.15, 0.2) is 36.7 Å². The number of ether oxygens (including phenoxy) is 2. The molecule has 7 nitrogen and oxygen atoms in total. The first-order valence-corrected chi connectivity index (χ1v) is 8.44. The summed E-state index contributed by atoms with van der Waals surface area (Å²) in [5.74, 6) is 1.77. The Balaban J connectivity index is 1.47. The Bertz CT molecular complexity index is 927. The van der Waals surface area contributed by atoms with Gasteiger partial charge in [-0.25, -0.2) is 15.0 Å². The molecular weight excluding hydrogens is 340 g/mol. The smallest absolute Gasteiger partial charge is 0.263 e. The summed E-state index contributed by atoms with van der Waals surface area (Å²) < 4.78 is 10.6. The van der Waals surface area contributed by atoms with Gasteiger partial charge in [0.15, 0.2) is 22.3 Å². The zero-order chi connectivity index (χ0) is 17.2. The Kier molecular flexibility index (Phi) is 4.02. The molecule has 3 aromatic rings. The number of aromatic nitrogens is 3. The van der Waals surface area contributed by atoms with E-state index in [0.717, 1.165) is 11.3 Å². The largest absolute Gasteiger partial charge is 0.454 e. The molecule has 25 heavy (non-hydrogen) atoms. The number of hydrogen-bond donors (Lipinski definition) is 1. The summed E-state index contributed by atoms with van der Waals surface area (Å²) in [6.07, 6.45) is 3.30. The average molecular weight is 354 g/mol. The van der Waals surface area contributed by atoms with Gasteiger partial charge in [-0.15, -0.1) is 11.3 Å². The summed E-state index contributed by atoms with van der Waals surface area (Å²) >= 11 is 1.28. The van der Waals surface area contributed by atoms with E-state index in [0.29, 0.717) is 33.7 Å². The van der Waals surface area contributed by atoms with E-state index in [1.165, 1.54) is 11.3 Å². The predicted molar refractivity (Wildman–Crippen MR) is 91.6 cm³/mol. The van der Waals surface area contributed by atoms with Crippen LogP contribution in [0.3, 0.4) is 0 Å². The summed E-state index contributed by atoms with van der Waals surface area (Å²) in [5, 5.41) is 3.54. The fourth-order valence-corrected chi connectivity index (χ4v) is 3.36. The maximum atomic E-state index is 12.5.